The van der Waals surface area contributed by atoms with Gasteiger partial charge in [0.05, 0.1) is 0 Å². The van der Waals surface area contributed by atoms with Gasteiger partial charge < -0.3 is 9.41 Å². The Morgan fingerprint density at radius 2 is 1.86 bits per heavy atom. The molecule has 0 amide bonds. The van der Waals surface area contributed by atoms with Crippen LogP contribution >= 0.6 is 0 Å². The predicted octanol–water partition coefficient (Wildman–Crippen LogP) is 5.69. The fraction of sp³-hybridized carbons (Fsp3) is 0.474. The Labute approximate surface area is 134 Å². The Bertz CT molecular complexity index is 733. The van der Waals surface area contributed by atoms with Gasteiger partial charge >= 0.3 is 0 Å². The zero-order valence-corrected chi connectivity index (χ0v) is 15.6. The van der Waals surface area contributed by atoms with Crippen LogP contribution in [0.5, 0.6) is 0 Å². The van der Waals surface area contributed by atoms with Crippen molar-refractivity contribution in [2.45, 2.75) is 51.7 Å². The molecule has 1 heterocycles. The minimum atomic E-state index is -1.70. The van der Waals surface area contributed by atoms with E-state index >= 15 is 0 Å². The molecule has 2 nitrogen and oxygen atoms in total. The molecule has 0 saturated heterocycles. The first kappa shape index (κ1) is 15.6. The molecular formula is C19H27NOSi. The van der Waals surface area contributed by atoms with E-state index in [0.717, 1.165) is 6.61 Å². The number of rotatable bonds is 3. The summed E-state index contributed by atoms with van der Waals surface area (Å²) < 4.78 is 6.48. The molecule has 22 heavy (non-hydrogen) atoms. The second kappa shape index (κ2) is 5.10. The average molecular weight is 314 g/mol. The molecule has 1 aliphatic rings. The van der Waals surface area contributed by atoms with Crippen molar-refractivity contribution in [1.29, 1.82) is 0 Å². The second-order valence-electron chi connectivity index (χ2n) is 7.99. The summed E-state index contributed by atoms with van der Waals surface area (Å²) in [4.78, 5) is 3.57. The van der Waals surface area contributed by atoms with Crippen LogP contribution in [0.1, 0.15) is 44.9 Å². The van der Waals surface area contributed by atoms with Gasteiger partial charge in [-0.05, 0) is 42.3 Å². The van der Waals surface area contributed by atoms with E-state index in [1.807, 2.05) is 0 Å². The van der Waals surface area contributed by atoms with E-state index in [1.165, 1.54) is 27.7 Å². The van der Waals surface area contributed by atoms with Crippen molar-refractivity contribution in [3.8, 4) is 0 Å². The Balaban J connectivity index is 1.90. The summed E-state index contributed by atoms with van der Waals surface area (Å²) in [7, 11) is -1.70. The van der Waals surface area contributed by atoms with Gasteiger partial charge in [0.1, 0.15) is 0 Å². The summed E-state index contributed by atoms with van der Waals surface area (Å²) in [6, 6.07) is 8.59. The molecule has 0 saturated carbocycles. The van der Waals surface area contributed by atoms with Crippen LogP contribution in [-0.4, -0.2) is 19.9 Å². The molecule has 1 unspecified atom stereocenters. The quantitative estimate of drug-likeness (QED) is 0.723. The van der Waals surface area contributed by atoms with Crippen molar-refractivity contribution in [2.24, 2.45) is 0 Å². The smallest absolute Gasteiger partial charge is 0.192 e. The van der Waals surface area contributed by atoms with Crippen molar-refractivity contribution in [1.82, 2.24) is 4.98 Å². The van der Waals surface area contributed by atoms with Crippen LogP contribution in [0.25, 0.3) is 16.5 Å². The molecule has 0 fully saturated rings. The van der Waals surface area contributed by atoms with Gasteiger partial charge in [-0.2, -0.15) is 0 Å². The Kier molecular flexibility index (Phi) is 3.61. The van der Waals surface area contributed by atoms with E-state index in [9.17, 15) is 0 Å². The molecule has 0 radical (unpaired) electrons. The number of hydrogen-bond donors (Lipinski definition) is 1. The molecule has 3 rings (SSSR count). The highest BCUT2D eigenvalue weighted by atomic mass is 28.4. The molecule has 118 valence electrons. The number of aromatic nitrogens is 1. The SMILES string of the molecule is CC1=CC(CO[Si](C)(C)C(C)(C)C)c2c1[nH]c1ccccc21. The van der Waals surface area contributed by atoms with Crippen molar-refractivity contribution in [2.75, 3.05) is 6.61 Å². The molecule has 2 aromatic rings. The highest BCUT2D eigenvalue weighted by Crippen LogP contribution is 2.42. The normalized spacial score (nSPS) is 18.6. The Morgan fingerprint density at radius 3 is 2.55 bits per heavy atom. The average Bonchev–Trinajstić information content (AvgIpc) is 2.94. The number of aromatic amines is 1. The largest absolute Gasteiger partial charge is 0.416 e. The maximum Gasteiger partial charge on any atom is 0.192 e. The molecule has 0 bridgehead atoms. The summed E-state index contributed by atoms with van der Waals surface area (Å²) >= 11 is 0. The van der Waals surface area contributed by atoms with Crippen LogP contribution < -0.4 is 0 Å². The summed E-state index contributed by atoms with van der Waals surface area (Å²) in [6.45, 7) is 14.5. The molecule has 0 aliphatic heterocycles. The van der Waals surface area contributed by atoms with E-state index in [2.05, 4.69) is 76.1 Å². The van der Waals surface area contributed by atoms with Crippen LogP contribution in [0, 0.1) is 0 Å². The lowest BCUT2D eigenvalue weighted by molar-refractivity contribution is 0.279. The molecule has 1 N–H and O–H groups in total. The fourth-order valence-corrected chi connectivity index (χ4v) is 4.00. The van der Waals surface area contributed by atoms with Crippen molar-refractivity contribution in [3.05, 3.63) is 41.6 Å². The number of para-hydroxylation sites is 1. The topological polar surface area (TPSA) is 25.0 Å². The van der Waals surface area contributed by atoms with Gasteiger partial charge in [-0.1, -0.05) is 45.0 Å². The first-order valence-electron chi connectivity index (χ1n) is 8.14. The third-order valence-electron chi connectivity index (χ3n) is 5.39. The first-order valence-corrected chi connectivity index (χ1v) is 11.0. The minimum Gasteiger partial charge on any atom is -0.416 e. The molecule has 3 heteroatoms. The van der Waals surface area contributed by atoms with Crippen molar-refractivity contribution < 1.29 is 4.43 Å². The number of allylic oxidation sites excluding steroid dienone is 1. The third-order valence-corrected chi connectivity index (χ3v) is 9.89. The van der Waals surface area contributed by atoms with E-state index in [-0.39, 0.29) is 5.04 Å². The Morgan fingerprint density at radius 1 is 1.18 bits per heavy atom. The number of nitrogens with one attached hydrogen (secondary N) is 1. The van der Waals surface area contributed by atoms with Gasteiger partial charge in [-0.25, -0.2) is 0 Å². The summed E-state index contributed by atoms with van der Waals surface area (Å²) in [5, 5.41) is 1.60. The first-order chi connectivity index (χ1) is 10.2. The van der Waals surface area contributed by atoms with Crippen LogP contribution in [0.15, 0.2) is 30.3 Å². The summed E-state index contributed by atoms with van der Waals surface area (Å²) in [6.07, 6.45) is 2.36. The van der Waals surface area contributed by atoms with Crippen LogP contribution in [0.3, 0.4) is 0 Å². The zero-order valence-electron chi connectivity index (χ0n) is 14.6. The zero-order chi connectivity index (χ0) is 16.1. The molecule has 1 aliphatic carbocycles. The number of fused-ring (bicyclic) bond motifs is 3. The fourth-order valence-electron chi connectivity index (χ4n) is 2.97. The van der Waals surface area contributed by atoms with Gasteiger partial charge in [-0.15, -0.1) is 0 Å². The van der Waals surface area contributed by atoms with Crippen molar-refractivity contribution >= 4 is 24.8 Å². The lowest BCUT2D eigenvalue weighted by Gasteiger charge is -2.36. The third kappa shape index (κ3) is 2.46. The maximum atomic E-state index is 6.48. The lowest BCUT2D eigenvalue weighted by atomic mass is 10.0. The van der Waals surface area contributed by atoms with Crippen molar-refractivity contribution in [3.63, 3.8) is 0 Å². The van der Waals surface area contributed by atoms with Gasteiger partial charge in [0, 0.05) is 29.1 Å². The number of H-pyrrole nitrogens is 1. The van der Waals surface area contributed by atoms with E-state index in [1.54, 1.807) is 0 Å². The molecule has 0 spiro atoms. The van der Waals surface area contributed by atoms with Gasteiger partial charge in [0.15, 0.2) is 8.32 Å². The van der Waals surface area contributed by atoms with Gasteiger partial charge in [-0.3, -0.25) is 0 Å². The highest BCUT2D eigenvalue weighted by Gasteiger charge is 2.38. The predicted molar refractivity (Wildman–Crippen MR) is 97.8 cm³/mol. The monoisotopic (exact) mass is 313 g/mol. The molecule has 1 atom stereocenters. The maximum absolute atomic E-state index is 6.48. The summed E-state index contributed by atoms with van der Waals surface area (Å²) in [5.41, 5.74) is 5.30. The number of hydrogen-bond acceptors (Lipinski definition) is 1. The standard InChI is InChI=1S/C19H27NOSi/c1-13-11-14(12-21-22(5,6)19(2,3)4)17-15-9-7-8-10-16(15)20-18(13)17/h7-11,14,20H,12H2,1-6H3. The lowest BCUT2D eigenvalue weighted by Crippen LogP contribution is -2.41. The molecule has 1 aromatic heterocycles. The van der Waals surface area contributed by atoms with Crippen LogP contribution in [-0.2, 0) is 4.43 Å². The molecule has 1 aromatic carbocycles. The summed E-state index contributed by atoms with van der Waals surface area (Å²) in [5.74, 6) is 0.375. The number of benzene rings is 1. The Hall–Kier alpha value is -1.32. The van der Waals surface area contributed by atoms with E-state index in [0.29, 0.717) is 5.92 Å². The van der Waals surface area contributed by atoms with E-state index in [4.69, 9.17) is 4.43 Å². The molecular weight excluding hydrogens is 286 g/mol. The van der Waals surface area contributed by atoms with Gasteiger partial charge in [0.2, 0.25) is 0 Å². The van der Waals surface area contributed by atoms with Gasteiger partial charge in [0.25, 0.3) is 0 Å². The minimum absolute atomic E-state index is 0.257. The van der Waals surface area contributed by atoms with Crippen LogP contribution in [0.2, 0.25) is 18.1 Å². The van der Waals surface area contributed by atoms with Crippen LogP contribution in [0.4, 0.5) is 0 Å². The second-order valence-corrected chi connectivity index (χ2v) is 12.8. The highest BCUT2D eigenvalue weighted by molar-refractivity contribution is 6.74. The van der Waals surface area contributed by atoms with E-state index < -0.39 is 8.32 Å².